The van der Waals surface area contributed by atoms with Crippen LogP contribution >= 0.6 is 0 Å². The lowest BCUT2D eigenvalue weighted by atomic mass is 9.97. The molecule has 6 nitrogen and oxygen atoms in total. The van der Waals surface area contributed by atoms with Gasteiger partial charge in [0.05, 0.1) is 16.5 Å². The second-order valence-corrected chi connectivity index (χ2v) is 10.4. The second-order valence-electron chi connectivity index (χ2n) is 8.47. The second kappa shape index (κ2) is 8.12. The Bertz CT molecular complexity index is 900. The van der Waals surface area contributed by atoms with E-state index in [9.17, 15) is 26.4 Å². The first kappa shape index (κ1) is 21.6. The van der Waals surface area contributed by atoms with Crippen LogP contribution in [0.2, 0.25) is 0 Å². The van der Waals surface area contributed by atoms with Gasteiger partial charge in [-0.15, -0.1) is 0 Å². The molecule has 2 N–H and O–H groups in total. The maximum atomic E-state index is 13.0. The monoisotopic (exact) mass is 445 g/mol. The summed E-state index contributed by atoms with van der Waals surface area (Å²) in [4.78, 5) is 12.2. The molecule has 1 unspecified atom stereocenters. The van der Waals surface area contributed by atoms with Crippen LogP contribution in [0.15, 0.2) is 29.2 Å². The highest BCUT2D eigenvalue weighted by atomic mass is 32.2. The van der Waals surface area contributed by atoms with Crippen molar-refractivity contribution in [2.45, 2.75) is 55.3 Å². The summed E-state index contributed by atoms with van der Waals surface area (Å²) >= 11 is 0. The number of hydrogen-bond donors (Lipinski definition) is 2. The third-order valence-corrected chi connectivity index (χ3v) is 8.40. The highest BCUT2D eigenvalue weighted by Gasteiger charge is 2.47. The van der Waals surface area contributed by atoms with Crippen LogP contribution in [0.25, 0.3) is 0 Å². The van der Waals surface area contributed by atoms with Crippen LogP contribution in [0, 0.1) is 11.8 Å². The van der Waals surface area contributed by atoms with Gasteiger partial charge in [0.25, 0.3) is 0 Å². The van der Waals surface area contributed by atoms with Gasteiger partial charge in [-0.1, -0.05) is 12.5 Å². The lowest BCUT2D eigenvalue weighted by Gasteiger charge is -2.27. The van der Waals surface area contributed by atoms with E-state index in [2.05, 4.69) is 10.6 Å². The summed E-state index contributed by atoms with van der Waals surface area (Å²) in [7, 11) is -4.03. The summed E-state index contributed by atoms with van der Waals surface area (Å²) in [5.74, 6) is 0.0489. The molecule has 3 fully saturated rings. The van der Waals surface area contributed by atoms with Crippen molar-refractivity contribution >= 4 is 15.9 Å². The number of fused-ring (bicyclic) bond motifs is 1. The van der Waals surface area contributed by atoms with Crippen molar-refractivity contribution < 1.29 is 26.4 Å². The molecule has 2 saturated heterocycles. The number of alkyl halides is 3. The van der Waals surface area contributed by atoms with Gasteiger partial charge in [0.15, 0.2) is 0 Å². The van der Waals surface area contributed by atoms with Crippen LogP contribution in [0.1, 0.15) is 37.7 Å². The van der Waals surface area contributed by atoms with Gasteiger partial charge in [-0.25, -0.2) is 8.42 Å². The Morgan fingerprint density at radius 3 is 2.63 bits per heavy atom. The zero-order chi connectivity index (χ0) is 21.5. The molecule has 1 saturated carbocycles. The highest BCUT2D eigenvalue weighted by Crippen LogP contribution is 2.40. The first-order valence-electron chi connectivity index (χ1n) is 10.4. The number of benzene rings is 1. The minimum absolute atomic E-state index is 0.0156. The molecule has 1 aromatic carbocycles. The first-order valence-corrected chi connectivity index (χ1v) is 11.8. The van der Waals surface area contributed by atoms with Gasteiger partial charge in [0.2, 0.25) is 15.9 Å². The number of halogens is 3. The molecule has 4 rings (SSSR count). The summed E-state index contributed by atoms with van der Waals surface area (Å²) in [6, 6.07) is 3.57. The van der Waals surface area contributed by atoms with Gasteiger partial charge < -0.3 is 10.6 Å². The van der Waals surface area contributed by atoms with Gasteiger partial charge in [0, 0.05) is 19.1 Å². The summed E-state index contributed by atoms with van der Waals surface area (Å²) in [6.07, 6.45) is -0.156. The average Bonchev–Trinajstić information content (AvgIpc) is 3.30. The van der Waals surface area contributed by atoms with Gasteiger partial charge in [-0.3, -0.25) is 4.79 Å². The third-order valence-electron chi connectivity index (χ3n) is 6.58. The molecular formula is C20H26F3N3O3S. The third kappa shape index (κ3) is 4.22. The number of carbonyl (C=O) groups is 1. The number of nitrogens with zero attached hydrogens (tertiary/aromatic N) is 1. The maximum absolute atomic E-state index is 13.0. The Labute approximate surface area is 174 Å². The van der Waals surface area contributed by atoms with Crippen molar-refractivity contribution in [2.24, 2.45) is 11.8 Å². The number of piperidine rings is 1. The Morgan fingerprint density at radius 2 is 1.93 bits per heavy atom. The quantitative estimate of drug-likeness (QED) is 0.746. The molecule has 0 radical (unpaired) electrons. The molecule has 1 aliphatic carbocycles. The van der Waals surface area contributed by atoms with Crippen molar-refractivity contribution in [1.82, 2.24) is 14.9 Å². The fourth-order valence-electron chi connectivity index (χ4n) is 4.94. The van der Waals surface area contributed by atoms with Gasteiger partial charge in [0.1, 0.15) is 0 Å². The van der Waals surface area contributed by atoms with Crippen LogP contribution in [0.4, 0.5) is 13.2 Å². The normalized spacial score (nSPS) is 30.2. The van der Waals surface area contributed by atoms with Crippen LogP contribution in [0.5, 0.6) is 0 Å². The van der Waals surface area contributed by atoms with Crippen molar-refractivity contribution in [3.63, 3.8) is 0 Å². The Hall–Kier alpha value is -1.65. The van der Waals surface area contributed by atoms with E-state index < -0.39 is 21.8 Å². The predicted octanol–water partition coefficient (Wildman–Crippen LogP) is 2.36. The van der Waals surface area contributed by atoms with Crippen LogP contribution < -0.4 is 10.6 Å². The number of nitrogens with one attached hydrogen (secondary N) is 2. The molecule has 0 aromatic heterocycles. The molecule has 30 heavy (non-hydrogen) atoms. The molecular weight excluding hydrogens is 419 g/mol. The lowest BCUT2D eigenvalue weighted by Crippen LogP contribution is -2.51. The van der Waals surface area contributed by atoms with Crippen molar-refractivity contribution in [3.8, 4) is 0 Å². The molecule has 1 amide bonds. The highest BCUT2D eigenvalue weighted by molar-refractivity contribution is 7.89. The fraction of sp³-hybridized carbons (Fsp3) is 0.650. The standard InChI is InChI=1S/C20H26F3N3O3S/c21-20(22,23)14-4-3-5-15(10-14)30(28,29)26-11-13-7-8-17(16(13)12-26)25-19(27)18-6-1-2-9-24-18/h3-5,10,13,16-18,24H,1-2,6-9,11-12H2,(H,25,27)/t13-,16+,17+,18?/m1/s1. The summed E-state index contributed by atoms with van der Waals surface area (Å²) in [5, 5.41) is 6.30. The van der Waals surface area contributed by atoms with Crippen LogP contribution in [0.3, 0.4) is 0 Å². The van der Waals surface area contributed by atoms with Gasteiger partial charge in [-0.2, -0.15) is 17.5 Å². The number of rotatable bonds is 4. The van der Waals surface area contributed by atoms with Gasteiger partial charge >= 0.3 is 6.18 Å². The van der Waals surface area contributed by atoms with E-state index in [0.717, 1.165) is 50.8 Å². The number of hydrogen-bond acceptors (Lipinski definition) is 4. The zero-order valence-electron chi connectivity index (χ0n) is 16.5. The number of sulfonamides is 1. The predicted molar refractivity (Wildman–Crippen MR) is 104 cm³/mol. The summed E-state index contributed by atoms with van der Waals surface area (Å²) < 4.78 is 66.2. The SMILES string of the molecule is O=C(N[C@H]1CC[C@@H]2CN(S(=O)(=O)c3cccc(C(F)(F)F)c3)C[C@@H]21)C1CCCCN1. The van der Waals surface area contributed by atoms with Crippen molar-refractivity contribution in [3.05, 3.63) is 29.8 Å². The number of carbonyl (C=O) groups excluding carboxylic acids is 1. The lowest BCUT2D eigenvalue weighted by molar-refractivity contribution is -0.137. The topological polar surface area (TPSA) is 78.5 Å². The average molecular weight is 446 g/mol. The Balaban J connectivity index is 1.45. The Morgan fingerprint density at radius 1 is 1.13 bits per heavy atom. The molecule has 4 atom stereocenters. The van der Waals surface area contributed by atoms with E-state index in [0.29, 0.717) is 6.07 Å². The van der Waals surface area contributed by atoms with Crippen LogP contribution in [-0.2, 0) is 21.0 Å². The number of amides is 1. The van der Waals surface area contributed by atoms with Crippen molar-refractivity contribution in [1.29, 1.82) is 0 Å². The largest absolute Gasteiger partial charge is 0.416 e. The molecule has 166 valence electrons. The van der Waals surface area contributed by atoms with Gasteiger partial charge in [-0.05, 0) is 62.3 Å². The van der Waals surface area contributed by atoms with E-state index in [1.807, 2.05) is 0 Å². The zero-order valence-corrected chi connectivity index (χ0v) is 17.3. The molecule has 2 aliphatic heterocycles. The van der Waals surface area contributed by atoms with E-state index in [-0.39, 0.29) is 47.8 Å². The van der Waals surface area contributed by atoms with E-state index in [1.54, 1.807) is 0 Å². The fourth-order valence-corrected chi connectivity index (χ4v) is 6.52. The van der Waals surface area contributed by atoms with Crippen LogP contribution in [-0.4, -0.2) is 50.3 Å². The van der Waals surface area contributed by atoms with E-state index in [4.69, 9.17) is 0 Å². The smallest absolute Gasteiger partial charge is 0.352 e. The molecule has 2 heterocycles. The molecule has 3 aliphatic rings. The van der Waals surface area contributed by atoms with Crippen molar-refractivity contribution in [2.75, 3.05) is 19.6 Å². The molecule has 0 spiro atoms. The maximum Gasteiger partial charge on any atom is 0.416 e. The first-order chi connectivity index (χ1) is 14.2. The molecule has 0 bridgehead atoms. The Kier molecular flexibility index (Phi) is 5.84. The summed E-state index contributed by atoms with van der Waals surface area (Å²) in [6.45, 7) is 1.31. The molecule has 1 aromatic rings. The minimum atomic E-state index is -4.60. The van der Waals surface area contributed by atoms with E-state index in [1.165, 1.54) is 10.4 Å². The van der Waals surface area contributed by atoms with E-state index >= 15 is 0 Å². The minimum Gasteiger partial charge on any atom is -0.352 e. The molecule has 10 heteroatoms. The summed E-state index contributed by atoms with van der Waals surface area (Å²) in [5.41, 5.74) is -0.979.